The van der Waals surface area contributed by atoms with E-state index in [4.69, 9.17) is 16.3 Å². The number of ether oxygens (including phenoxy) is 1. The highest BCUT2D eigenvalue weighted by Gasteiger charge is 2.05. The zero-order chi connectivity index (χ0) is 13.1. The molecule has 0 aliphatic heterocycles. The zero-order valence-corrected chi connectivity index (χ0v) is 11.0. The summed E-state index contributed by atoms with van der Waals surface area (Å²) < 4.78 is 5.57. The first-order valence-corrected chi connectivity index (χ1v) is 6.02. The van der Waals surface area contributed by atoms with Crippen molar-refractivity contribution in [1.82, 2.24) is 4.98 Å². The molecule has 1 aromatic carbocycles. The highest BCUT2D eigenvalue weighted by atomic mass is 35.5. The van der Waals surface area contributed by atoms with Crippen LogP contribution in [0.15, 0.2) is 36.5 Å². The van der Waals surface area contributed by atoms with Crippen LogP contribution < -0.4 is 4.74 Å². The van der Waals surface area contributed by atoms with Gasteiger partial charge in [-0.15, -0.1) is 0 Å². The molecule has 1 atom stereocenters. The first kappa shape index (κ1) is 12.9. The fourth-order valence-electron chi connectivity index (χ4n) is 1.50. The molecule has 0 bridgehead atoms. The van der Waals surface area contributed by atoms with Crippen molar-refractivity contribution < 1.29 is 9.84 Å². The summed E-state index contributed by atoms with van der Waals surface area (Å²) in [5.41, 5.74) is 1.82. The maximum absolute atomic E-state index is 9.38. The van der Waals surface area contributed by atoms with Gasteiger partial charge in [0.05, 0.1) is 11.1 Å². The second-order valence-corrected chi connectivity index (χ2v) is 4.55. The third-order valence-corrected chi connectivity index (χ3v) is 2.84. The lowest BCUT2D eigenvalue weighted by molar-refractivity contribution is 0.198. The number of rotatable bonds is 3. The molecule has 1 N–H and O–H groups in total. The highest BCUT2D eigenvalue weighted by Crippen LogP contribution is 2.29. The van der Waals surface area contributed by atoms with Gasteiger partial charge in [0.25, 0.3) is 0 Å². The number of nitrogens with zero attached hydrogens (tertiary/aromatic N) is 1. The third-order valence-electron chi connectivity index (χ3n) is 2.54. The van der Waals surface area contributed by atoms with Crippen LogP contribution in [-0.4, -0.2) is 10.1 Å². The van der Waals surface area contributed by atoms with Gasteiger partial charge in [0, 0.05) is 12.3 Å². The maximum Gasteiger partial charge on any atom is 0.219 e. The maximum atomic E-state index is 9.38. The van der Waals surface area contributed by atoms with Crippen molar-refractivity contribution in [2.45, 2.75) is 20.0 Å². The quantitative estimate of drug-likeness (QED) is 0.914. The molecule has 1 heterocycles. The van der Waals surface area contributed by atoms with E-state index in [1.54, 1.807) is 25.3 Å². The van der Waals surface area contributed by atoms with Crippen molar-refractivity contribution >= 4 is 11.6 Å². The molecule has 94 valence electrons. The fraction of sp³-hybridized carbons (Fsp3) is 0.214. The molecule has 2 aromatic rings. The highest BCUT2D eigenvalue weighted by molar-refractivity contribution is 6.32. The number of aromatic nitrogens is 1. The Labute approximate surface area is 111 Å². The summed E-state index contributed by atoms with van der Waals surface area (Å²) in [6.45, 7) is 3.65. The molecule has 2 rings (SSSR count). The summed E-state index contributed by atoms with van der Waals surface area (Å²) in [4.78, 5) is 4.12. The number of halogens is 1. The summed E-state index contributed by atoms with van der Waals surface area (Å²) in [5, 5.41) is 9.93. The molecule has 0 spiro atoms. The lowest BCUT2D eigenvalue weighted by atomic mass is 10.2. The molecule has 0 amide bonds. The number of benzene rings is 1. The molecule has 0 saturated heterocycles. The van der Waals surface area contributed by atoms with Gasteiger partial charge in [0.1, 0.15) is 5.75 Å². The summed E-state index contributed by atoms with van der Waals surface area (Å²) in [5.74, 6) is 1.02. The van der Waals surface area contributed by atoms with E-state index in [0.717, 1.165) is 11.1 Å². The van der Waals surface area contributed by atoms with Gasteiger partial charge in [-0.05, 0) is 43.2 Å². The van der Waals surface area contributed by atoms with E-state index in [1.165, 1.54) is 0 Å². The predicted octanol–water partition coefficient (Wildman–Crippen LogP) is 3.89. The SMILES string of the molecule is Cc1ccc(Oc2ccc([C@@H](C)O)cn2)c(Cl)c1. The van der Waals surface area contributed by atoms with Crippen LogP contribution in [0.3, 0.4) is 0 Å². The minimum absolute atomic E-state index is 0.449. The average Bonchev–Trinajstić information content (AvgIpc) is 2.33. The van der Waals surface area contributed by atoms with E-state index < -0.39 is 6.10 Å². The minimum atomic E-state index is -0.533. The van der Waals surface area contributed by atoms with Crippen molar-refractivity contribution in [1.29, 1.82) is 0 Å². The number of hydrogen-bond donors (Lipinski definition) is 1. The minimum Gasteiger partial charge on any atom is -0.437 e. The lowest BCUT2D eigenvalue weighted by Crippen LogP contribution is -1.94. The number of aliphatic hydroxyl groups excluding tert-OH is 1. The smallest absolute Gasteiger partial charge is 0.219 e. The van der Waals surface area contributed by atoms with Crippen LogP contribution >= 0.6 is 11.6 Å². The molecule has 0 unspecified atom stereocenters. The molecule has 0 fully saturated rings. The van der Waals surface area contributed by atoms with Gasteiger partial charge in [0.2, 0.25) is 5.88 Å². The van der Waals surface area contributed by atoms with Crippen LogP contribution in [0.4, 0.5) is 0 Å². The first-order chi connectivity index (χ1) is 8.56. The van der Waals surface area contributed by atoms with Crippen LogP contribution in [0, 0.1) is 6.92 Å². The van der Waals surface area contributed by atoms with Gasteiger partial charge in [0.15, 0.2) is 0 Å². The third kappa shape index (κ3) is 3.00. The Morgan fingerprint density at radius 3 is 2.61 bits per heavy atom. The predicted molar refractivity (Wildman–Crippen MR) is 71.1 cm³/mol. The van der Waals surface area contributed by atoms with Gasteiger partial charge < -0.3 is 9.84 Å². The van der Waals surface area contributed by atoms with Crippen LogP contribution in [0.5, 0.6) is 11.6 Å². The van der Waals surface area contributed by atoms with Crippen LogP contribution in [-0.2, 0) is 0 Å². The molecule has 3 nitrogen and oxygen atoms in total. The molecule has 4 heteroatoms. The molecule has 0 radical (unpaired) electrons. The van der Waals surface area contributed by atoms with Gasteiger partial charge >= 0.3 is 0 Å². The second-order valence-electron chi connectivity index (χ2n) is 4.14. The van der Waals surface area contributed by atoms with Gasteiger partial charge in [-0.25, -0.2) is 4.98 Å². The van der Waals surface area contributed by atoms with Gasteiger partial charge in [-0.1, -0.05) is 17.7 Å². The summed E-state index contributed by atoms with van der Waals surface area (Å²) in [6, 6.07) is 9.04. The number of aryl methyl sites for hydroxylation is 1. The van der Waals surface area contributed by atoms with Crippen molar-refractivity contribution in [2.75, 3.05) is 0 Å². The van der Waals surface area contributed by atoms with Crippen LogP contribution in [0.2, 0.25) is 5.02 Å². The Hall–Kier alpha value is -1.58. The van der Waals surface area contributed by atoms with E-state index in [1.807, 2.05) is 25.1 Å². The standard InChI is InChI=1S/C14H14ClNO2/c1-9-3-5-13(12(15)7-9)18-14-6-4-11(8-16-14)10(2)17/h3-8,10,17H,1-2H3/t10-/m1/s1. The molecule has 0 saturated carbocycles. The molecule has 1 aromatic heterocycles. The zero-order valence-electron chi connectivity index (χ0n) is 10.2. The Balaban J connectivity index is 2.18. The van der Waals surface area contributed by atoms with Gasteiger partial charge in [-0.2, -0.15) is 0 Å². The normalized spacial score (nSPS) is 12.2. The van der Waals surface area contributed by atoms with Crippen molar-refractivity contribution in [3.8, 4) is 11.6 Å². The van der Waals surface area contributed by atoms with E-state index in [9.17, 15) is 5.11 Å². The van der Waals surface area contributed by atoms with Crippen molar-refractivity contribution in [3.05, 3.63) is 52.7 Å². The largest absolute Gasteiger partial charge is 0.437 e. The second kappa shape index (κ2) is 5.38. The molecular weight excluding hydrogens is 250 g/mol. The molecule has 0 aliphatic rings. The number of pyridine rings is 1. The molecule has 18 heavy (non-hydrogen) atoms. The number of aliphatic hydroxyl groups is 1. The summed E-state index contributed by atoms with van der Waals surface area (Å²) >= 11 is 6.07. The van der Waals surface area contributed by atoms with E-state index >= 15 is 0 Å². The van der Waals surface area contributed by atoms with Gasteiger partial charge in [-0.3, -0.25) is 0 Å². The Kier molecular flexibility index (Phi) is 3.84. The van der Waals surface area contributed by atoms with Crippen LogP contribution in [0.25, 0.3) is 0 Å². The van der Waals surface area contributed by atoms with Crippen LogP contribution in [0.1, 0.15) is 24.2 Å². The van der Waals surface area contributed by atoms with E-state index in [2.05, 4.69) is 4.98 Å². The average molecular weight is 264 g/mol. The Bertz CT molecular complexity index is 538. The first-order valence-electron chi connectivity index (χ1n) is 5.64. The lowest BCUT2D eigenvalue weighted by Gasteiger charge is -2.08. The fourth-order valence-corrected chi connectivity index (χ4v) is 1.77. The Morgan fingerprint density at radius 1 is 1.28 bits per heavy atom. The van der Waals surface area contributed by atoms with Crippen molar-refractivity contribution in [2.24, 2.45) is 0 Å². The van der Waals surface area contributed by atoms with E-state index in [0.29, 0.717) is 16.7 Å². The van der Waals surface area contributed by atoms with Crippen molar-refractivity contribution in [3.63, 3.8) is 0 Å². The monoisotopic (exact) mass is 263 g/mol. The Morgan fingerprint density at radius 2 is 2.06 bits per heavy atom. The molecule has 0 aliphatic carbocycles. The van der Waals surface area contributed by atoms with E-state index in [-0.39, 0.29) is 0 Å². The summed E-state index contributed by atoms with van der Waals surface area (Å²) in [6.07, 6.45) is 1.05. The number of hydrogen-bond acceptors (Lipinski definition) is 3. The topological polar surface area (TPSA) is 42.4 Å². The summed E-state index contributed by atoms with van der Waals surface area (Å²) in [7, 11) is 0. The molecular formula is C14H14ClNO2.